The van der Waals surface area contributed by atoms with E-state index in [-0.39, 0.29) is 12.1 Å². The van der Waals surface area contributed by atoms with Crippen LogP contribution in [0.15, 0.2) is 12.7 Å². The summed E-state index contributed by atoms with van der Waals surface area (Å²) in [5.41, 5.74) is 0. The largest absolute Gasteiger partial charge is 0.356 e. The van der Waals surface area contributed by atoms with Crippen LogP contribution in [0.2, 0.25) is 0 Å². The van der Waals surface area contributed by atoms with Crippen molar-refractivity contribution < 1.29 is 9.53 Å². The zero-order chi connectivity index (χ0) is 9.68. The quantitative estimate of drug-likeness (QED) is 0.626. The minimum atomic E-state index is -0.135. The van der Waals surface area contributed by atoms with Crippen LogP contribution in [0, 0.1) is 0 Å². The van der Waals surface area contributed by atoms with E-state index < -0.39 is 0 Å². The summed E-state index contributed by atoms with van der Waals surface area (Å²) in [5, 5.41) is 3.18. The number of nitrogens with one attached hydrogen (secondary N) is 1. The van der Waals surface area contributed by atoms with Gasteiger partial charge in [-0.25, -0.2) is 0 Å². The molecule has 1 amide bonds. The fourth-order valence-electron chi connectivity index (χ4n) is 1.37. The molecule has 0 aromatic rings. The highest BCUT2D eigenvalue weighted by Gasteiger charge is 2.22. The number of likely N-dealkylation sites (N-methyl/N-ethyl adjacent to an activating group) is 1. The lowest BCUT2D eigenvalue weighted by molar-refractivity contribution is -0.142. The lowest BCUT2D eigenvalue weighted by atomic mass is 10.3. The summed E-state index contributed by atoms with van der Waals surface area (Å²) in [6.45, 7) is 8.25. The first-order chi connectivity index (χ1) is 6.29. The molecule has 0 aromatic heterocycles. The summed E-state index contributed by atoms with van der Waals surface area (Å²) in [6, 6.07) is 0. The Bertz CT molecular complexity index is 188. The van der Waals surface area contributed by atoms with Crippen LogP contribution >= 0.6 is 0 Å². The lowest BCUT2D eigenvalue weighted by Crippen LogP contribution is -2.51. The number of nitrogens with zero attached hydrogens (tertiary/aromatic N) is 1. The topological polar surface area (TPSA) is 41.6 Å². The van der Waals surface area contributed by atoms with Crippen molar-refractivity contribution in [1.82, 2.24) is 10.2 Å². The van der Waals surface area contributed by atoms with Crippen LogP contribution in [0.25, 0.3) is 0 Å². The van der Waals surface area contributed by atoms with E-state index in [0.29, 0.717) is 19.7 Å². The van der Waals surface area contributed by atoms with Gasteiger partial charge in [-0.1, -0.05) is 6.58 Å². The fraction of sp³-hybridized carbons (Fsp3) is 0.667. The average molecular weight is 184 g/mol. The van der Waals surface area contributed by atoms with E-state index in [1.165, 1.54) is 6.08 Å². The Labute approximate surface area is 78.5 Å². The number of hydrogen-bond donors (Lipinski definition) is 1. The smallest absolute Gasteiger partial charge is 0.248 e. The van der Waals surface area contributed by atoms with Gasteiger partial charge >= 0.3 is 0 Å². The van der Waals surface area contributed by atoms with Gasteiger partial charge in [-0.2, -0.15) is 0 Å². The lowest BCUT2D eigenvalue weighted by Gasteiger charge is -2.33. The Balaban J connectivity index is 2.53. The molecule has 0 radical (unpaired) electrons. The van der Waals surface area contributed by atoms with Crippen LogP contribution in [0.5, 0.6) is 0 Å². The molecule has 1 atom stereocenters. The SMILES string of the molecule is C=CC(=O)N(CC)C1CNCCO1. The van der Waals surface area contributed by atoms with Crippen LogP contribution in [0.3, 0.4) is 0 Å². The highest BCUT2D eigenvalue weighted by atomic mass is 16.5. The summed E-state index contributed by atoms with van der Waals surface area (Å²) in [5.74, 6) is -0.0730. The van der Waals surface area contributed by atoms with Gasteiger partial charge in [-0.3, -0.25) is 4.79 Å². The number of carbonyl (C=O) groups excluding carboxylic acids is 1. The molecule has 1 N–H and O–H groups in total. The van der Waals surface area contributed by atoms with E-state index >= 15 is 0 Å². The summed E-state index contributed by atoms with van der Waals surface area (Å²) in [4.78, 5) is 13.0. The van der Waals surface area contributed by atoms with Crippen molar-refractivity contribution in [2.45, 2.75) is 13.2 Å². The third-order valence-electron chi connectivity index (χ3n) is 2.05. The zero-order valence-corrected chi connectivity index (χ0v) is 7.95. The van der Waals surface area contributed by atoms with E-state index in [0.717, 1.165) is 6.54 Å². The van der Waals surface area contributed by atoms with Gasteiger partial charge < -0.3 is 15.0 Å². The van der Waals surface area contributed by atoms with E-state index in [2.05, 4.69) is 11.9 Å². The minimum Gasteiger partial charge on any atom is -0.356 e. The van der Waals surface area contributed by atoms with Crippen LogP contribution in [0.1, 0.15) is 6.92 Å². The molecule has 1 heterocycles. The first kappa shape index (κ1) is 10.2. The summed E-state index contributed by atoms with van der Waals surface area (Å²) < 4.78 is 5.45. The molecule has 1 rings (SSSR count). The fourth-order valence-corrected chi connectivity index (χ4v) is 1.37. The second kappa shape index (κ2) is 4.99. The van der Waals surface area contributed by atoms with Crippen LogP contribution in [-0.4, -0.2) is 43.3 Å². The first-order valence-corrected chi connectivity index (χ1v) is 4.55. The third-order valence-corrected chi connectivity index (χ3v) is 2.05. The van der Waals surface area contributed by atoms with Crippen molar-refractivity contribution in [1.29, 1.82) is 0 Å². The van der Waals surface area contributed by atoms with Crippen molar-refractivity contribution in [3.63, 3.8) is 0 Å². The number of carbonyl (C=O) groups is 1. The van der Waals surface area contributed by atoms with Crippen molar-refractivity contribution >= 4 is 5.91 Å². The van der Waals surface area contributed by atoms with Gasteiger partial charge in [-0.05, 0) is 13.0 Å². The molecular weight excluding hydrogens is 168 g/mol. The van der Waals surface area contributed by atoms with E-state index in [1.54, 1.807) is 4.90 Å². The van der Waals surface area contributed by atoms with Crippen LogP contribution in [0.4, 0.5) is 0 Å². The standard InChI is InChI=1S/C9H16N2O2/c1-3-8(12)11(4-2)9-7-10-5-6-13-9/h3,9-10H,1,4-7H2,2H3. The highest BCUT2D eigenvalue weighted by molar-refractivity contribution is 5.87. The molecule has 0 aromatic carbocycles. The molecule has 74 valence electrons. The monoisotopic (exact) mass is 184 g/mol. The maximum atomic E-state index is 11.3. The van der Waals surface area contributed by atoms with Crippen molar-refractivity contribution in [2.24, 2.45) is 0 Å². The Kier molecular flexibility index (Phi) is 3.92. The molecule has 0 aliphatic carbocycles. The summed E-state index contributed by atoms with van der Waals surface area (Å²) in [6.07, 6.45) is 1.19. The van der Waals surface area contributed by atoms with E-state index in [4.69, 9.17) is 4.74 Å². The maximum absolute atomic E-state index is 11.3. The van der Waals surface area contributed by atoms with Crippen molar-refractivity contribution in [3.05, 3.63) is 12.7 Å². The van der Waals surface area contributed by atoms with Gasteiger partial charge in [0.05, 0.1) is 6.61 Å². The van der Waals surface area contributed by atoms with E-state index in [1.807, 2.05) is 6.92 Å². The van der Waals surface area contributed by atoms with Gasteiger partial charge in [-0.15, -0.1) is 0 Å². The number of morpholine rings is 1. The molecule has 4 nitrogen and oxygen atoms in total. The Hall–Kier alpha value is -0.870. The second-order valence-electron chi connectivity index (χ2n) is 2.86. The molecule has 1 unspecified atom stereocenters. The number of hydrogen-bond acceptors (Lipinski definition) is 3. The molecule has 1 saturated heterocycles. The Morgan fingerprint density at radius 1 is 1.85 bits per heavy atom. The summed E-state index contributed by atoms with van der Waals surface area (Å²) >= 11 is 0. The minimum absolute atomic E-state index is 0.0730. The van der Waals surface area contributed by atoms with Crippen LogP contribution < -0.4 is 5.32 Å². The predicted molar refractivity (Wildman–Crippen MR) is 50.2 cm³/mol. The van der Waals surface area contributed by atoms with Crippen molar-refractivity contribution in [3.8, 4) is 0 Å². The zero-order valence-electron chi connectivity index (χ0n) is 7.95. The molecule has 1 aliphatic heterocycles. The average Bonchev–Trinajstić information content (AvgIpc) is 2.20. The third kappa shape index (κ3) is 2.54. The molecule has 13 heavy (non-hydrogen) atoms. The maximum Gasteiger partial charge on any atom is 0.248 e. The molecule has 0 spiro atoms. The predicted octanol–water partition coefficient (Wildman–Crippen LogP) is -0.0332. The number of ether oxygens (including phenoxy) is 1. The number of amides is 1. The molecule has 1 aliphatic rings. The van der Waals surface area contributed by atoms with Crippen molar-refractivity contribution in [2.75, 3.05) is 26.2 Å². The molecule has 1 fully saturated rings. The first-order valence-electron chi connectivity index (χ1n) is 4.55. The Morgan fingerprint density at radius 3 is 3.08 bits per heavy atom. The molecule has 0 saturated carbocycles. The van der Waals surface area contributed by atoms with Gasteiger partial charge in [0.2, 0.25) is 5.91 Å². The normalized spacial score (nSPS) is 22.4. The molecule has 0 bridgehead atoms. The van der Waals surface area contributed by atoms with Gasteiger partial charge in [0.15, 0.2) is 0 Å². The Morgan fingerprint density at radius 2 is 2.62 bits per heavy atom. The second-order valence-corrected chi connectivity index (χ2v) is 2.86. The van der Waals surface area contributed by atoms with Gasteiger partial charge in [0, 0.05) is 19.6 Å². The highest BCUT2D eigenvalue weighted by Crippen LogP contribution is 2.04. The van der Waals surface area contributed by atoms with Crippen LogP contribution in [-0.2, 0) is 9.53 Å². The molecular formula is C9H16N2O2. The van der Waals surface area contributed by atoms with Gasteiger partial charge in [0.1, 0.15) is 6.23 Å². The van der Waals surface area contributed by atoms with E-state index in [9.17, 15) is 4.79 Å². The van der Waals surface area contributed by atoms with Gasteiger partial charge in [0.25, 0.3) is 0 Å². The summed E-state index contributed by atoms with van der Waals surface area (Å²) in [7, 11) is 0. The number of rotatable bonds is 3. The molecule has 4 heteroatoms.